The molecule has 2 aliphatic heterocycles. The Kier molecular flexibility index (Phi) is 8.90. The summed E-state index contributed by atoms with van der Waals surface area (Å²) >= 11 is 0. The van der Waals surface area contributed by atoms with Crippen molar-refractivity contribution in [3.8, 4) is 11.5 Å². The van der Waals surface area contributed by atoms with Crippen molar-refractivity contribution < 1.29 is 19.1 Å². The van der Waals surface area contributed by atoms with Crippen LogP contribution in [0, 0.1) is 0 Å². The second-order valence-electron chi connectivity index (χ2n) is 10.7. The maximum atomic E-state index is 14.1. The number of anilines is 1. The summed E-state index contributed by atoms with van der Waals surface area (Å²) in [4.78, 5) is 34.2. The number of hydrogen-bond acceptors (Lipinski definition) is 7. The van der Waals surface area contributed by atoms with Gasteiger partial charge in [-0.25, -0.2) is 0 Å². The third kappa shape index (κ3) is 5.67. The van der Waals surface area contributed by atoms with Gasteiger partial charge in [-0.15, -0.1) is 0 Å². The van der Waals surface area contributed by atoms with Crippen LogP contribution in [0.3, 0.4) is 0 Å². The van der Waals surface area contributed by atoms with E-state index in [1.54, 1.807) is 20.3 Å². The first-order chi connectivity index (χ1) is 20.0. The maximum Gasteiger partial charge on any atom is 0.264 e. The van der Waals surface area contributed by atoms with Crippen molar-refractivity contribution in [1.29, 1.82) is 0 Å². The third-order valence-electron chi connectivity index (χ3n) is 8.42. The molecule has 1 N–H and O–H groups in total. The van der Waals surface area contributed by atoms with Crippen molar-refractivity contribution in [3.63, 3.8) is 0 Å². The van der Waals surface area contributed by atoms with Gasteiger partial charge in [-0.3, -0.25) is 19.4 Å². The van der Waals surface area contributed by atoms with Crippen LogP contribution in [0.25, 0.3) is 0 Å². The van der Waals surface area contributed by atoms with Crippen LogP contribution in [0.2, 0.25) is 0 Å². The molecule has 0 bridgehead atoms. The number of hydrogen-bond donors (Lipinski definition) is 1. The lowest BCUT2D eigenvalue weighted by Gasteiger charge is -2.39. The van der Waals surface area contributed by atoms with Gasteiger partial charge in [0.1, 0.15) is 0 Å². The van der Waals surface area contributed by atoms with Crippen molar-refractivity contribution in [2.75, 3.05) is 58.9 Å². The number of imide groups is 1. The number of ether oxygens (including phenoxy) is 2. The molecule has 3 aromatic rings. The fourth-order valence-electron chi connectivity index (χ4n) is 6.10. The van der Waals surface area contributed by atoms with E-state index in [4.69, 9.17) is 9.47 Å². The molecule has 0 spiro atoms. The molecule has 0 aromatic heterocycles. The molecule has 5 rings (SSSR count). The first kappa shape index (κ1) is 28.6. The summed E-state index contributed by atoms with van der Waals surface area (Å²) in [5, 5.41) is 3.18. The molecule has 1 unspecified atom stereocenters. The average molecular weight is 557 g/mol. The van der Waals surface area contributed by atoms with Crippen LogP contribution in [-0.2, 0) is 0 Å². The summed E-state index contributed by atoms with van der Waals surface area (Å²) in [6, 6.07) is 21.7. The zero-order valence-electron chi connectivity index (χ0n) is 24.4. The van der Waals surface area contributed by atoms with E-state index in [0.29, 0.717) is 35.1 Å². The van der Waals surface area contributed by atoms with Crippen molar-refractivity contribution in [2.24, 2.45) is 0 Å². The molecule has 2 atom stereocenters. The summed E-state index contributed by atoms with van der Waals surface area (Å²) in [5.41, 5.74) is 3.99. The van der Waals surface area contributed by atoms with Crippen molar-refractivity contribution in [2.45, 2.75) is 31.8 Å². The molecule has 2 heterocycles. The van der Waals surface area contributed by atoms with E-state index in [1.807, 2.05) is 43.4 Å². The molecule has 1 saturated heterocycles. The number of nitrogens with zero attached hydrogens (tertiary/aromatic N) is 3. The van der Waals surface area contributed by atoms with E-state index in [0.717, 1.165) is 50.4 Å². The van der Waals surface area contributed by atoms with Crippen LogP contribution >= 0.6 is 0 Å². The van der Waals surface area contributed by atoms with Crippen LogP contribution in [0.4, 0.5) is 5.69 Å². The van der Waals surface area contributed by atoms with Gasteiger partial charge in [0, 0.05) is 32.2 Å². The van der Waals surface area contributed by atoms with Crippen molar-refractivity contribution in [3.05, 3.63) is 89.0 Å². The largest absolute Gasteiger partial charge is 0.493 e. The number of carbonyl (C=O) groups is 2. The Morgan fingerprint density at radius 1 is 0.829 bits per heavy atom. The normalized spacial score (nSPS) is 17.0. The van der Waals surface area contributed by atoms with Gasteiger partial charge in [0.15, 0.2) is 11.5 Å². The Morgan fingerprint density at radius 2 is 1.56 bits per heavy atom. The molecule has 0 radical (unpaired) electrons. The lowest BCUT2D eigenvalue weighted by Crippen LogP contribution is -2.47. The van der Waals surface area contributed by atoms with Gasteiger partial charge in [0.05, 0.1) is 37.1 Å². The van der Waals surface area contributed by atoms with Gasteiger partial charge in [-0.2, -0.15) is 0 Å². The lowest BCUT2D eigenvalue weighted by atomic mass is 9.99. The number of benzene rings is 3. The van der Waals surface area contributed by atoms with Gasteiger partial charge < -0.3 is 19.7 Å². The first-order valence-corrected chi connectivity index (χ1v) is 14.4. The minimum absolute atomic E-state index is 0.232. The van der Waals surface area contributed by atoms with Gasteiger partial charge in [-0.1, -0.05) is 42.5 Å². The SMILES string of the molecule is CNCCC[C@H](c1ccc(OC)c(OC)c1)N1C(=O)c2cccc(N3CCN(C(C)c4ccccc4)CC3)c2C1=O. The van der Waals surface area contributed by atoms with Crippen LogP contribution in [-0.4, -0.2) is 75.6 Å². The molecule has 1 fully saturated rings. The predicted molar refractivity (Wildman–Crippen MR) is 161 cm³/mol. The predicted octanol–water partition coefficient (Wildman–Crippen LogP) is 4.92. The van der Waals surface area contributed by atoms with Gasteiger partial charge in [0.2, 0.25) is 0 Å². The number of amides is 2. The van der Waals surface area contributed by atoms with E-state index in [2.05, 4.69) is 46.3 Å². The third-order valence-corrected chi connectivity index (χ3v) is 8.42. The summed E-state index contributed by atoms with van der Waals surface area (Å²) in [5.74, 6) is 0.705. The van der Waals surface area contributed by atoms with Crippen LogP contribution in [0.15, 0.2) is 66.7 Å². The lowest BCUT2D eigenvalue weighted by molar-refractivity contribution is 0.0572. The molecule has 41 heavy (non-hydrogen) atoms. The number of carbonyl (C=O) groups excluding carboxylic acids is 2. The van der Waals surface area contributed by atoms with E-state index in [-0.39, 0.29) is 11.8 Å². The summed E-state index contributed by atoms with van der Waals surface area (Å²) < 4.78 is 11.0. The quantitative estimate of drug-likeness (QED) is 0.265. The highest BCUT2D eigenvalue weighted by Crippen LogP contribution is 2.40. The maximum absolute atomic E-state index is 14.1. The van der Waals surface area contributed by atoms with Crippen molar-refractivity contribution in [1.82, 2.24) is 15.1 Å². The van der Waals surface area contributed by atoms with E-state index >= 15 is 0 Å². The van der Waals surface area contributed by atoms with Gasteiger partial charge >= 0.3 is 0 Å². The standard InChI is InChI=1S/C33H40N4O4/c1-23(24-10-6-5-7-11-24)35-18-20-36(21-19-35)28-13-8-12-26-31(28)33(39)37(32(26)38)27(14-9-17-34-2)25-15-16-29(40-3)30(22-25)41-4/h5-8,10-13,15-16,22-23,27,34H,9,14,17-21H2,1-4H3/t23?,27-/m1/s1. The second-order valence-corrected chi connectivity index (χ2v) is 10.7. The topological polar surface area (TPSA) is 74.3 Å². The molecule has 8 nitrogen and oxygen atoms in total. The van der Waals surface area contributed by atoms with Crippen LogP contribution in [0.1, 0.15) is 63.7 Å². The Morgan fingerprint density at radius 3 is 2.24 bits per heavy atom. The zero-order chi connectivity index (χ0) is 28.9. The number of methoxy groups -OCH3 is 2. The highest BCUT2D eigenvalue weighted by molar-refractivity contribution is 6.24. The minimum Gasteiger partial charge on any atom is -0.493 e. The molecular formula is C33H40N4O4. The average Bonchev–Trinajstić information content (AvgIpc) is 3.28. The summed E-state index contributed by atoms with van der Waals surface area (Å²) in [6.07, 6.45) is 1.44. The Hall–Kier alpha value is -3.88. The number of fused-ring (bicyclic) bond motifs is 1. The van der Waals surface area contributed by atoms with E-state index in [9.17, 15) is 9.59 Å². The molecule has 2 aliphatic rings. The molecule has 2 amide bonds. The molecule has 216 valence electrons. The smallest absolute Gasteiger partial charge is 0.264 e. The number of nitrogens with one attached hydrogen (secondary N) is 1. The van der Waals surface area contributed by atoms with E-state index < -0.39 is 6.04 Å². The zero-order valence-corrected chi connectivity index (χ0v) is 24.4. The molecule has 3 aromatic carbocycles. The van der Waals surface area contributed by atoms with E-state index in [1.165, 1.54) is 10.5 Å². The monoisotopic (exact) mass is 556 g/mol. The van der Waals surface area contributed by atoms with Gasteiger partial charge in [0.25, 0.3) is 11.8 Å². The number of piperazine rings is 1. The van der Waals surface area contributed by atoms with Crippen molar-refractivity contribution >= 4 is 17.5 Å². The summed E-state index contributed by atoms with van der Waals surface area (Å²) in [6.45, 7) is 6.36. The van der Waals surface area contributed by atoms with Crippen LogP contribution in [0.5, 0.6) is 11.5 Å². The Bertz CT molecular complexity index is 1370. The first-order valence-electron chi connectivity index (χ1n) is 14.4. The fourth-order valence-corrected chi connectivity index (χ4v) is 6.10. The Balaban J connectivity index is 1.40. The molecule has 0 aliphatic carbocycles. The van der Waals surface area contributed by atoms with Crippen LogP contribution < -0.4 is 19.7 Å². The molecular weight excluding hydrogens is 516 g/mol. The van der Waals surface area contributed by atoms with Gasteiger partial charge in [-0.05, 0) is 68.8 Å². The minimum atomic E-state index is -0.424. The molecule has 8 heteroatoms. The number of rotatable bonds is 11. The highest BCUT2D eigenvalue weighted by atomic mass is 16.5. The highest BCUT2D eigenvalue weighted by Gasteiger charge is 2.43. The Labute approximate surface area is 242 Å². The second kappa shape index (κ2) is 12.7. The fraction of sp³-hybridized carbons (Fsp3) is 0.394. The molecule has 0 saturated carbocycles. The summed E-state index contributed by atoms with van der Waals surface area (Å²) in [7, 11) is 5.09.